The van der Waals surface area contributed by atoms with Gasteiger partial charge in [-0.3, -0.25) is 0 Å². The summed E-state index contributed by atoms with van der Waals surface area (Å²) >= 11 is 0. The van der Waals surface area contributed by atoms with Crippen LogP contribution >= 0.6 is 0 Å². The Bertz CT molecular complexity index is 441. The molecule has 2 rings (SSSR count). The molecule has 3 N–H and O–H groups in total. The number of benzene rings is 1. The largest absolute Gasteiger partial charge is 0.381 e. The third-order valence-corrected chi connectivity index (χ3v) is 3.86. The molecule has 1 fully saturated rings. The number of hydrogen-bond acceptors (Lipinski definition) is 3. The number of amides is 2. The standard InChI is InChI=1S/C15H23N3O2/c1-10(16-2)11-4-6-12(7-5-11)17-15(19)18-13-8-14(9-13)20-3/h4-7,10,13-14,16H,8-9H2,1-3H3,(H2,17,18,19). The Hall–Kier alpha value is -1.59. The Labute approximate surface area is 120 Å². The average molecular weight is 277 g/mol. The van der Waals surface area contributed by atoms with E-state index in [1.54, 1.807) is 7.11 Å². The molecule has 1 saturated carbocycles. The van der Waals surface area contributed by atoms with E-state index in [-0.39, 0.29) is 12.1 Å². The first-order valence-electron chi connectivity index (χ1n) is 7.00. The van der Waals surface area contributed by atoms with Crippen LogP contribution in [0.1, 0.15) is 31.4 Å². The SMILES string of the molecule is CNC(C)c1ccc(NC(=O)NC2CC(OC)C2)cc1. The van der Waals surface area contributed by atoms with Gasteiger partial charge in [0.2, 0.25) is 0 Å². The Morgan fingerprint density at radius 1 is 1.30 bits per heavy atom. The summed E-state index contributed by atoms with van der Waals surface area (Å²) in [4.78, 5) is 11.8. The molecule has 5 nitrogen and oxygen atoms in total. The zero-order chi connectivity index (χ0) is 14.5. The van der Waals surface area contributed by atoms with E-state index in [9.17, 15) is 4.79 Å². The molecule has 1 aromatic rings. The molecular formula is C15H23N3O2. The monoisotopic (exact) mass is 277 g/mol. The topological polar surface area (TPSA) is 62.4 Å². The molecule has 0 bridgehead atoms. The minimum Gasteiger partial charge on any atom is -0.381 e. The second-order valence-corrected chi connectivity index (χ2v) is 5.26. The van der Waals surface area contributed by atoms with Gasteiger partial charge in [0.05, 0.1) is 6.10 Å². The maximum Gasteiger partial charge on any atom is 0.319 e. The predicted molar refractivity (Wildman–Crippen MR) is 79.9 cm³/mol. The van der Waals surface area contributed by atoms with E-state index in [0.717, 1.165) is 18.5 Å². The minimum absolute atomic E-state index is 0.154. The normalized spacial score (nSPS) is 22.8. The van der Waals surface area contributed by atoms with Gasteiger partial charge in [-0.2, -0.15) is 0 Å². The Kier molecular flexibility index (Phi) is 4.98. The number of urea groups is 1. The number of carbonyl (C=O) groups is 1. The molecule has 1 unspecified atom stereocenters. The van der Waals surface area contributed by atoms with Crippen LogP contribution in [0.4, 0.5) is 10.5 Å². The Balaban J connectivity index is 1.79. The predicted octanol–water partition coefficient (Wildman–Crippen LogP) is 2.27. The molecule has 0 heterocycles. The summed E-state index contributed by atoms with van der Waals surface area (Å²) in [6.07, 6.45) is 2.08. The first-order valence-corrected chi connectivity index (χ1v) is 7.00. The number of nitrogens with one attached hydrogen (secondary N) is 3. The van der Waals surface area contributed by atoms with Crippen molar-refractivity contribution in [2.45, 2.75) is 38.0 Å². The highest BCUT2D eigenvalue weighted by Crippen LogP contribution is 2.22. The molecule has 0 aromatic heterocycles. The van der Waals surface area contributed by atoms with Crippen molar-refractivity contribution in [2.75, 3.05) is 19.5 Å². The molecule has 1 aliphatic rings. The molecule has 2 amide bonds. The van der Waals surface area contributed by atoms with Crippen molar-refractivity contribution in [1.82, 2.24) is 10.6 Å². The quantitative estimate of drug-likeness (QED) is 0.773. The summed E-state index contributed by atoms with van der Waals surface area (Å²) in [5.41, 5.74) is 2.00. The fraction of sp³-hybridized carbons (Fsp3) is 0.533. The summed E-state index contributed by atoms with van der Waals surface area (Å²) in [6, 6.07) is 8.24. The third kappa shape index (κ3) is 3.71. The van der Waals surface area contributed by atoms with E-state index in [2.05, 4.69) is 22.9 Å². The summed E-state index contributed by atoms with van der Waals surface area (Å²) in [5.74, 6) is 0. The number of anilines is 1. The first-order chi connectivity index (χ1) is 9.62. The number of rotatable bonds is 5. The third-order valence-electron chi connectivity index (χ3n) is 3.86. The van der Waals surface area contributed by atoms with Gasteiger partial charge in [0.25, 0.3) is 0 Å². The fourth-order valence-corrected chi connectivity index (χ4v) is 2.25. The lowest BCUT2D eigenvalue weighted by molar-refractivity contribution is 0.0210. The van der Waals surface area contributed by atoms with Crippen LogP contribution in [0.3, 0.4) is 0 Å². The molecule has 1 atom stereocenters. The van der Waals surface area contributed by atoms with Gasteiger partial charge in [0.15, 0.2) is 0 Å². The van der Waals surface area contributed by atoms with E-state index >= 15 is 0 Å². The second kappa shape index (κ2) is 6.72. The van der Waals surface area contributed by atoms with E-state index in [1.165, 1.54) is 5.56 Å². The molecule has 5 heteroatoms. The Morgan fingerprint density at radius 3 is 2.50 bits per heavy atom. The van der Waals surface area contributed by atoms with Crippen molar-refractivity contribution in [3.8, 4) is 0 Å². The molecule has 0 saturated heterocycles. The maximum absolute atomic E-state index is 11.8. The highest BCUT2D eigenvalue weighted by molar-refractivity contribution is 5.89. The summed E-state index contributed by atoms with van der Waals surface area (Å²) < 4.78 is 5.18. The molecule has 1 aliphatic carbocycles. The van der Waals surface area contributed by atoms with Crippen LogP contribution in [-0.4, -0.2) is 32.3 Å². The van der Waals surface area contributed by atoms with Gasteiger partial charge in [-0.1, -0.05) is 12.1 Å². The van der Waals surface area contributed by atoms with Gasteiger partial charge in [-0.05, 0) is 44.5 Å². The van der Waals surface area contributed by atoms with Crippen molar-refractivity contribution >= 4 is 11.7 Å². The van der Waals surface area contributed by atoms with E-state index in [4.69, 9.17) is 4.74 Å². The summed E-state index contributed by atoms with van der Waals surface area (Å²) in [5, 5.41) is 8.96. The number of methoxy groups -OCH3 is 1. The zero-order valence-electron chi connectivity index (χ0n) is 12.3. The molecule has 1 aromatic carbocycles. The minimum atomic E-state index is -0.154. The van der Waals surface area contributed by atoms with Crippen LogP contribution < -0.4 is 16.0 Å². The van der Waals surface area contributed by atoms with Gasteiger partial charge in [0.1, 0.15) is 0 Å². The van der Waals surface area contributed by atoms with Crippen molar-refractivity contribution in [1.29, 1.82) is 0 Å². The van der Waals surface area contributed by atoms with Crippen molar-refractivity contribution in [2.24, 2.45) is 0 Å². The number of hydrogen-bond donors (Lipinski definition) is 3. The highest BCUT2D eigenvalue weighted by Gasteiger charge is 2.29. The Morgan fingerprint density at radius 2 is 1.95 bits per heavy atom. The van der Waals surface area contributed by atoms with E-state index in [0.29, 0.717) is 12.1 Å². The lowest BCUT2D eigenvalue weighted by atomic mass is 9.89. The first kappa shape index (κ1) is 14.8. The molecule has 0 radical (unpaired) electrons. The van der Waals surface area contributed by atoms with Gasteiger partial charge in [-0.15, -0.1) is 0 Å². The number of ether oxygens (including phenoxy) is 1. The van der Waals surface area contributed by atoms with E-state index < -0.39 is 0 Å². The maximum atomic E-state index is 11.8. The van der Waals surface area contributed by atoms with Gasteiger partial charge in [0, 0.05) is 24.9 Å². The van der Waals surface area contributed by atoms with Gasteiger partial charge < -0.3 is 20.7 Å². The van der Waals surface area contributed by atoms with Crippen LogP contribution in [0.15, 0.2) is 24.3 Å². The van der Waals surface area contributed by atoms with Crippen molar-refractivity contribution < 1.29 is 9.53 Å². The highest BCUT2D eigenvalue weighted by atomic mass is 16.5. The summed E-state index contributed by atoms with van der Waals surface area (Å²) in [6.45, 7) is 2.10. The second-order valence-electron chi connectivity index (χ2n) is 5.26. The van der Waals surface area contributed by atoms with Crippen LogP contribution in [0, 0.1) is 0 Å². The molecule has 0 aliphatic heterocycles. The van der Waals surface area contributed by atoms with Crippen LogP contribution in [-0.2, 0) is 4.74 Å². The molecule has 20 heavy (non-hydrogen) atoms. The molecule has 0 spiro atoms. The van der Waals surface area contributed by atoms with Gasteiger partial charge in [-0.25, -0.2) is 4.79 Å². The number of carbonyl (C=O) groups excluding carboxylic acids is 1. The lowest BCUT2D eigenvalue weighted by Gasteiger charge is -2.34. The van der Waals surface area contributed by atoms with Crippen LogP contribution in [0.25, 0.3) is 0 Å². The van der Waals surface area contributed by atoms with Crippen molar-refractivity contribution in [3.63, 3.8) is 0 Å². The molecule has 110 valence electrons. The van der Waals surface area contributed by atoms with E-state index in [1.807, 2.05) is 31.3 Å². The zero-order valence-corrected chi connectivity index (χ0v) is 12.3. The van der Waals surface area contributed by atoms with Crippen LogP contribution in [0.2, 0.25) is 0 Å². The van der Waals surface area contributed by atoms with Crippen molar-refractivity contribution in [3.05, 3.63) is 29.8 Å². The van der Waals surface area contributed by atoms with Gasteiger partial charge >= 0.3 is 6.03 Å². The summed E-state index contributed by atoms with van der Waals surface area (Å²) in [7, 11) is 3.63. The fourth-order valence-electron chi connectivity index (χ4n) is 2.25. The van der Waals surface area contributed by atoms with Crippen LogP contribution in [0.5, 0.6) is 0 Å². The average Bonchev–Trinajstić information content (AvgIpc) is 2.42. The molecular weight excluding hydrogens is 254 g/mol. The smallest absolute Gasteiger partial charge is 0.319 e. The lowest BCUT2D eigenvalue weighted by Crippen LogP contribution is -2.48.